The maximum absolute atomic E-state index is 11.5. The van der Waals surface area contributed by atoms with E-state index < -0.39 is 10.8 Å². The van der Waals surface area contributed by atoms with E-state index in [-0.39, 0.29) is 4.75 Å². The van der Waals surface area contributed by atoms with Crippen LogP contribution in [-0.2, 0) is 10.8 Å². The van der Waals surface area contributed by atoms with Gasteiger partial charge < -0.3 is 15.8 Å². The van der Waals surface area contributed by atoms with Crippen LogP contribution in [0.3, 0.4) is 0 Å². The average molecular weight is 281 g/mol. The molecule has 1 aromatic carbocycles. The third-order valence-electron chi connectivity index (χ3n) is 3.30. The van der Waals surface area contributed by atoms with Gasteiger partial charge >= 0.3 is 0 Å². The van der Waals surface area contributed by atoms with Crippen molar-refractivity contribution in [2.45, 2.75) is 17.6 Å². The largest absolute Gasteiger partial charge is 0.497 e. The van der Waals surface area contributed by atoms with Crippen LogP contribution < -0.4 is 15.8 Å². The van der Waals surface area contributed by atoms with Gasteiger partial charge in [-0.05, 0) is 25.0 Å². The molecule has 19 heavy (non-hydrogen) atoms. The second kappa shape index (κ2) is 5.61. The number of ether oxygens (including phenoxy) is 1. The number of benzene rings is 1. The van der Waals surface area contributed by atoms with Gasteiger partial charge in [0.15, 0.2) is 5.96 Å². The Kier molecular flexibility index (Phi) is 4.09. The van der Waals surface area contributed by atoms with Crippen LogP contribution in [-0.4, -0.2) is 34.8 Å². The fraction of sp³-hybridized carbons (Fsp3) is 0.462. The molecule has 1 unspecified atom stereocenters. The molecule has 1 atom stereocenters. The summed E-state index contributed by atoms with van der Waals surface area (Å²) in [5.74, 6) is 1.09. The van der Waals surface area contributed by atoms with Crippen molar-refractivity contribution < 1.29 is 8.95 Å². The number of nitrogens with zero attached hydrogens (tertiary/aromatic N) is 1. The van der Waals surface area contributed by atoms with E-state index >= 15 is 0 Å². The Bertz CT molecular complexity index is 512. The smallest absolute Gasteiger partial charge is 0.193 e. The lowest BCUT2D eigenvalue weighted by atomic mass is 10.3. The Labute approximate surface area is 115 Å². The minimum absolute atomic E-state index is 0.138. The minimum atomic E-state index is -0.843. The minimum Gasteiger partial charge on any atom is -0.497 e. The number of rotatable bonds is 5. The maximum Gasteiger partial charge on any atom is 0.193 e. The summed E-state index contributed by atoms with van der Waals surface area (Å²) >= 11 is 0. The van der Waals surface area contributed by atoms with Gasteiger partial charge in [0.05, 0.1) is 18.4 Å². The van der Waals surface area contributed by atoms with Crippen molar-refractivity contribution in [1.29, 1.82) is 0 Å². The molecule has 0 saturated heterocycles. The van der Waals surface area contributed by atoms with Crippen LogP contribution in [0.1, 0.15) is 12.8 Å². The summed E-state index contributed by atoms with van der Waals surface area (Å²) in [6.07, 6.45) is 3.66. The van der Waals surface area contributed by atoms with E-state index in [0.717, 1.165) is 24.3 Å². The van der Waals surface area contributed by atoms with E-state index in [1.54, 1.807) is 13.4 Å². The normalized spacial score (nSPS) is 18.7. The van der Waals surface area contributed by atoms with Gasteiger partial charge in [-0.1, -0.05) is 6.07 Å². The third-order valence-corrected chi connectivity index (χ3v) is 5.05. The molecule has 1 saturated carbocycles. The third kappa shape index (κ3) is 3.47. The first-order valence-electron chi connectivity index (χ1n) is 6.10. The number of anilines is 1. The number of methoxy groups -OCH3 is 1. The zero-order valence-electron chi connectivity index (χ0n) is 11.2. The monoisotopic (exact) mass is 281 g/mol. The van der Waals surface area contributed by atoms with Crippen LogP contribution in [0.15, 0.2) is 29.3 Å². The molecule has 104 valence electrons. The Morgan fingerprint density at radius 1 is 1.58 bits per heavy atom. The van der Waals surface area contributed by atoms with E-state index in [2.05, 4.69) is 10.3 Å². The Morgan fingerprint density at radius 2 is 2.32 bits per heavy atom. The molecule has 3 N–H and O–H groups in total. The average Bonchev–Trinajstić information content (AvgIpc) is 3.18. The second-order valence-electron chi connectivity index (χ2n) is 4.70. The molecule has 1 aliphatic rings. The van der Waals surface area contributed by atoms with E-state index in [9.17, 15) is 4.21 Å². The highest BCUT2D eigenvalue weighted by molar-refractivity contribution is 7.86. The lowest BCUT2D eigenvalue weighted by molar-refractivity contribution is 0.415. The lowest BCUT2D eigenvalue weighted by Gasteiger charge is -2.10. The molecule has 1 fully saturated rings. The summed E-state index contributed by atoms with van der Waals surface area (Å²) in [4.78, 5) is 4.28. The highest BCUT2D eigenvalue weighted by Crippen LogP contribution is 2.41. The summed E-state index contributed by atoms with van der Waals surface area (Å²) in [6.45, 7) is 0.513. The number of nitrogens with one attached hydrogen (secondary N) is 1. The fourth-order valence-corrected chi connectivity index (χ4v) is 2.72. The van der Waals surface area contributed by atoms with Gasteiger partial charge in [-0.2, -0.15) is 0 Å². The molecule has 0 bridgehead atoms. The number of nitrogens with two attached hydrogens (primary N) is 1. The van der Waals surface area contributed by atoms with Crippen LogP contribution in [0.2, 0.25) is 0 Å². The molecule has 5 nitrogen and oxygen atoms in total. The number of guanidine groups is 1. The van der Waals surface area contributed by atoms with Gasteiger partial charge in [0, 0.05) is 28.8 Å². The lowest BCUT2D eigenvalue weighted by Crippen LogP contribution is -2.27. The topological polar surface area (TPSA) is 76.7 Å². The molecule has 0 heterocycles. The fourth-order valence-electron chi connectivity index (χ4n) is 1.79. The molecule has 0 spiro atoms. The van der Waals surface area contributed by atoms with Gasteiger partial charge in [0.2, 0.25) is 0 Å². The molecule has 0 radical (unpaired) electrons. The molecule has 1 aromatic rings. The number of aliphatic imine (C=N–C) groups is 1. The van der Waals surface area contributed by atoms with Gasteiger partial charge in [0.1, 0.15) is 5.75 Å². The van der Waals surface area contributed by atoms with E-state index in [0.29, 0.717) is 12.5 Å². The van der Waals surface area contributed by atoms with Crippen LogP contribution >= 0.6 is 0 Å². The first kappa shape index (κ1) is 13.9. The second-order valence-corrected chi connectivity index (χ2v) is 6.47. The predicted molar refractivity (Wildman–Crippen MR) is 79.1 cm³/mol. The first-order valence-corrected chi connectivity index (χ1v) is 7.66. The zero-order valence-corrected chi connectivity index (χ0v) is 12.0. The van der Waals surface area contributed by atoms with Crippen LogP contribution in [0, 0.1) is 0 Å². The van der Waals surface area contributed by atoms with Gasteiger partial charge in [-0.3, -0.25) is 9.20 Å². The molecule has 0 aromatic heterocycles. The van der Waals surface area contributed by atoms with Crippen molar-refractivity contribution in [3.05, 3.63) is 24.3 Å². The van der Waals surface area contributed by atoms with Gasteiger partial charge in [0.25, 0.3) is 0 Å². The summed E-state index contributed by atoms with van der Waals surface area (Å²) in [5, 5.41) is 3.00. The van der Waals surface area contributed by atoms with Gasteiger partial charge in [-0.25, -0.2) is 0 Å². The van der Waals surface area contributed by atoms with Crippen LogP contribution in [0.5, 0.6) is 5.75 Å². The van der Waals surface area contributed by atoms with Crippen molar-refractivity contribution in [1.82, 2.24) is 0 Å². The molecule has 6 heteroatoms. The van der Waals surface area contributed by atoms with E-state index in [1.165, 1.54) is 0 Å². The van der Waals surface area contributed by atoms with Gasteiger partial charge in [-0.15, -0.1) is 0 Å². The Balaban J connectivity index is 1.96. The quantitative estimate of drug-likeness (QED) is 0.630. The molecule has 0 amide bonds. The number of hydrogen-bond donors (Lipinski definition) is 2. The molecule has 1 aliphatic carbocycles. The molecular formula is C13H19N3O2S. The first-order chi connectivity index (χ1) is 9.05. The molecular weight excluding hydrogens is 262 g/mol. The predicted octanol–water partition coefficient (Wildman–Crippen LogP) is 1.33. The highest BCUT2D eigenvalue weighted by atomic mass is 32.2. The zero-order chi connectivity index (χ0) is 13.9. The summed E-state index contributed by atoms with van der Waals surface area (Å²) in [7, 11) is 0.772. The maximum atomic E-state index is 11.5. The Hall–Kier alpha value is -1.56. The molecule has 0 aliphatic heterocycles. The van der Waals surface area contributed by atoms with Crippen LogP contribution in [0.4, 0.5) is 5.69 Å². The summed E-state index contributed by atoms with van der Waals surface area (Å²) in [5.41, 5.74) is 6.65. The van der Waals surface area contributed by atoms with Crippen molar-refractivity contribution in [3.63, 3.8) is 0 Å². The SMILES string of the molecule is COc1cccc(NC(N)=NCC2(S(C)=O)CC2)c1. The highest BCUT2D eigenvalue weighted by Gasteiger charge is 2.46. The van der Waals surface area contributed by atoms with Crippen molar-refractivity contribution >= 4 is 22.4 Å². The molecule has 2 rings (SSSR count). The Morgan fingerprint density at radius 3 is 2.89 bits per heavy atom. The number of hydrogen-bond acceptors (Lipinski definition) is 3. The summed E-state index contributed by atoms with van der Waals surface area (Å²) < 4.78 is 16.5. The van der Waals surface area contributed by atoms with Crippen molar-refractivity contribution in [3.8, 4) is 5.75 Å². The van der Waals surface area contributed by atoms with Crippen molar-refractivity contribution in [2.24, 2.45) is 10.7 Å². The van der Waals surface area contributed by atoms with Crippen LogP contribution in [0.25, 0.3) is 0 Å². The van der Waals surface area contributed by atoms with Crippen molar-refractivity contribution in [2.75, 3.05) is 25.2 Å². The standard InChI is InChI=1S/C13H19N3O2S/c1-18-11-5-3-4-10(8-11)16-12(14)15-9-13(6-7-13)19(2)17/h3-5,8H,6-7,9H2,1-2H3,(H3,14,15,16). The van der Waals surface area contributed by atoms with E-state index in [1.807, 2.05) is 24.3 Å². The van der Waals surface area contributed by atoms with E-state index in [4.69, 9.17) is 10.5 Å². The summed E-state index contributed by atoms with van der Waals surface area (Å²) in [6, 6.07) is 7.46.